The molecule has 1 aliphatic heterocycles. The van der Waals surface area contributed by atoms with Gasteiger partial charge in [0.05, 0.1) is 18.7 Å². The quantitative estimate of drug-likeness (QED) is 0.621. The summed E-state index contributed by atoms with van der Waals surface area (Å²) >= 11 is 0. The molecule has 0 saturated carbocycles. The Morgan fingerprint density at radius 2 is 2.21 bits per heavy atom. The number of likely N-dealkylation sites (N-methyl/N-ethyl adjacent to an activating group) is 1. The van der Waals surface area contributed by atoms with Crippen LogP contribution in [0.5, 0.6) is 5.75 Å². The lowest BCUT2D eigenvalue weighted by molar-refractivity contribution is -0.136. The number of nitrogens with zero attached hydrogens (tertiary/aromatic N) is 1. The first-order chi connectivity index (χ1) is 9.02. The van der Waals surface area contributed by atoms with E-state index in [4.69, 9.17) is 10.5 Å². The van der Waals surface area contributed by atoms with E-state index in [1.54, 1.807) is 18.2 Å². The van der Waals surface area contributed by atoms with E-state index in [1.165, 1.54) is 7.05 Å². The van der Waals surface area contributed by atoms with Gasteiger partial charge in [-0.05, 0) is 19.1 Å². The first-order valence-electron chi connectivity index (χ1n) is 6.12. The van der Waals surface area contributed by atoms with Crippen molar-refractivity contribution in [3.63, 3.8) is 0 Å². The molecular weight excluding hydrogens is 246 g/mol. The Kier molecular flexibility index (Phi) is 3.59. The summed E-state index contributed by atoms with van der Waals surface area (Å²) in [5.41, 5.74) is 7.02. The van der Waals surface area contributed by atoms with Gasteiger partial charge in [-0.3, -0.25) is 14.5 Å². The van der Waals surface area contributed by atoms with Gasteiger partial charge in [-0.1, -0.05) is 0 Å². The van der Waals surface area contributed by atoms with Crippen LogP contribution < -0.4 is 15.8 Å². The number of nitrogen functional groups attached to an aromatic ring is 1. The van der Waals surface area contributed by atoms with Crippen molar-refractivity contribution in [2.45, 2.75) is 19.4 Å². The third kappa shape index (κ3) is 2.62. The Morgan fingerprint density at radius 1 is 1.47 bits per heavy atom. The molecule has 6 heteroatoms. The molecule has 102 valence electrons. The average molecular weight is 263 g/mol. The predicted molar refractivity (Wildman–Crippen MR) is 71.8 cm³/mol. The van der Waals surface area contributed by atoms with E-state index in [-0.39, 0.29) is 18.2 Å². The molecule has 3 N–H and O–H groups in total. The van der Waals surface area contributed by atoms with E-state index >= 15 is 0 Å². The van der Waals surface area contributed by atoms with Crippen molar-refractivity contribution in [2.75, 3.05) is 24.7 Å². The fourth-order valence-corrected chi connectivity index (χ4v) is 1.97. The van der Waals surface area contributed by atoms with Gasteiger partial charge in [0.2, 0.25) is 5.91 Å². The number of hydrogen-bond acceptors (Lipinski definition) is 5. The number of amides is 2. The lowest BCUT2D eigenvalue weighted by Gasteiger charge is -2.14. The van der Waals surface area contributed by atoms with Crippen molar-refractivity contribution in [1.29, 1.82) is 0 Å². The molecule has 1 fully saturated rings. The van der Waals surface area contributed by atoms with Crippen LogP contribution in [0.2, 0.25) is 0 Å². The molecule has 2 rings (SSSR count). The van der Waals surface area contributed by atoms with Gasteiger partial charge >= 0.3 is 0 Å². The van der Waals surface area contributed by atoms with E-state index in [1.807, 2.05) is 6.92 Å². The fraction of sp³-hybridized carbons (Fsp3) is 0.385. The number of hydrogen-bond donors (Lipinski definition) is 2. The maximum absolute atomic E-state index is 11.8. The van der Waals surface area contributed by atoms with Gasteiger partial charge < -0.3 is 15.8 Å². The van der Waals surface area contributed by atoms with E-state index in [0.29, 0.717) is 23.7 Å². The Morgan fingerprint density at radius 3 is 2.79 bits per heavy atom. The SMILES string of the molecule is CCOc1cc(NC2CC(=O)N(C)C2=O)ccc1N. The molecule has 2 amide bonds. The Bertz CT molecular complexity index is 516. The highest BCUT2D eigenvalue weighted by Crippen LogP contribution is 2.27. The molecule has 19 heavy (non-hydrogen) atoms. The summed E-state index contributed by atoms with van der Waals surface area (Å²) in [6.45, 7) is 2.38. The maximum Gasteiger partial charge on any atom is 0.251 e. The monoisotopic (exact) mass is 263 g/mol. The van der Waals surface area contributed by atoms with Crippen molar-refractivity contribution in [1.82, 2.24) is 4.90 Å². The molecule has 0 radical (unpaired) electrons. The summed E-state index contributed by atoms with van der Waals surface area (Å²) in [5.74, 6) is 0.167. The molecule has 0 aliphatic carbocycles. The Hall–Kier alpha value is -2.24. The first kappa shape index (κ1) is 13.2. The standard InChI is InChI=1S/C13H17N3O3/c1-3-19-11-6-8(4-5-9(11)14)15-10-7-12(17)16(2)13(10)18/h4-6,10,15H,3,7,14H2,1-2H3. The molecule has 1 saturated heterocycles. The number of imide groups is 1. The van der Waals surface area contributed by atoms with Crippen LogP contribution in [-0.4, -0.2) is 36.4 Å². The molecular formula is C13H17N3O3. The van der Waals surface area contributed by atoms with Crippen LogP contribution in [0.4, 0.5) is 11.4 Å². The van der Waals surface area contributed by atoms with Crippen molar-refractivity contribution in [2.24, 2.45) is 0 Å². The van der Waals surface area contributed by atoms with Crippen LogP contribution in [0.1, 0.15) is 13.3 Å². The van der Waals surface area contributed by atoms with E-state index in [2.05, 4.69) is 5.32 Å². The molecule has 0 bridgehead atoms. The number of likely N-dealkylation sites (tertiary alicyclic amines) is 1. The molecule has 0 spiro atoms. The fourth-order valence-electron chi connectivity index (χ4n) is 1.97. The number of carbonyl (C=O) groups excluding carboxylic acids is 2. The summed E-state index contributed by atoms with van der Waals surface area (Å²) in [4.78, 5) is 24.4. The number of nitrogens with two attached hydrogens (primary N) is 1. The second-order valence-corrected chi connectivity index (χ2v) is 4.38. The van der Waals surface area contributed by atoms with Gasteiger partial charge in [-0.25, -0.2) is 0 Å². The van der Waals surface area contributed by atoms with Crippen molar-refractivity contribution in [3.05, 3.63) is 18.2 Å². The number of rotatable bonds is 4. The largest absolute Gasteiger partial charge is 0.492 e. The van der Waals surface area contributed by atoms with Crippen LogP contribution in [0.25, 0.3) is 0 Å². The van der Waals surface area contributed by atoms with Gasteiger partial charge in [-0.15, -0.1) is 0 Å². The zero-order valence-electron chi connectivity index (χ0n) is 11.0. The molecule has 1 aliphatic rings. The Labute approximate surface area is 111 Å². The van der Waals surface area contributed by atoms with Crippen LogP contribution in [0.3, 0.4) is 0 Å². The second-order valence-electron chi connectivity index (χ2n) is 4.38. The highest BCUT2D eigenvalue weighted by atomic mass is 16.5. The lowest BCUT2D eigenvalue weighted by atomic mass is 10.2. The summed E-state index contributed by atoms with van der Waals surface area (Å²) in [5, 5.41) is 3.03. The van der Waals surface area contributed by atoms with Crippen molar-refractivity contribution < 1.29 is 14.3 Å². The van der Waals surface area contributed by atoms with Crippen LogP contribution >= 0.6 is 0 Å². The normalized spacial score (nSPS) is 18.8. The van der Waals surface area contributed by atoms with E-state index in [9.17, 15) is 9.59 Å². The highest BCUT2D eigenvalue weighted by Gasteiger charge is 2.35. The maximum atomic E-state index is 11.8. The highest BCUT2D eigenvalue weighted by molar-refractivity contribution is 6.06. The van der Waals surface area contributed by atoms with Crippen LogP contribution in [0.15, 0.2) is 18.2 Å². The van der Waals surface area contributed by atoms with Gasteiger partial charge in [0, 0.05) is 18.8 Å². The molecule has 1 aromatic rings. The molecule has 0 aromatic heterocycles. The zero-order valence-corrected chi connectivity index (χ0v) is 11.0. The first-order valence-corrected chi connectivity index (χ1v) is 6.12. The van der Waals surface area contributed by atoms with E-state index < -0.39 is 6.04 Å². The average Bonchev–Trinajstić information content (AvgIpc) is 2.62. The Balaban J connectivity index is 2.14. The summed E-state index contributed by atoms with van der Waals surface area (Å²) < 4.78 is 5.38. The topological polar surface area (TPSA) is 84.7 Å². The molecule has 1 atom stereocenters. The van der Waals surface area contributed by atoms with Crippen LogP contribution in [-0.2, 0) is 9.59 Å². The summed E-state index contributed by atoms with van der Waals surface area (Å²) in [7, 11) is 1.49. The minimum Gasteiger partial charge on any atom is -0.492 e. The number of carbonyl (C=O) groups is 2. The molecule has 1 aromatic carbocycles. The van der Waals surface area contributed by atoms with Crippen molar-refractivity contribution >= 4 is 23.2 Å². The zero-order chi connectivity index (χ0) is 14.0. The molecule has 1 heterocycles. The lowest BCUT2D eigenvalue weighted by Crippen LogP contribution is -2.31. The van der Waals surface area contributed by atoms with Gasteiger partial charge in [0.1, 0.15) is 11.8 Å². The number of nitrogens with one attached hydrogen (secondary N) is 1. The second kappa shape index (κ2) is 5.17. The van der Waals surface area contributed by atoms with Crippen LogP contribution in [0, 0.1) is 0 Å². The number of benzene rings is 1. The van der Waals surface area contributed by atoms with Gasteiger partial charge in [0.15, 0.2) is 0 Å². The third-order valence-corrected chi connectivity index (χ3v) is 3.04. The van der Waals surface area contributed by atoms with Crippen molar-refractivity contribution in [3.8, 4) is 5.75 Å². The molecule has 6 nitrogen and oxygen atoms in total. The minimum atomic E-state index is -0.518. The predicted octanol–water partition coefficient (Wildman–Crippen LogP) is 0.837. The smallest absolute Gasteiger partial charge is 0.251 e. The van der Waals surface area contributed by atoms with E-state index in [0.717, 1.165) is 4.90 Å². The summed E-state index contributed by atoms with van der Waals surface area (Å²) in [6.07, 6.45) is 0.170. The summed E-state index contributed by atoms with van der Waals surface area (Å²) in [6, 6.07) is 4.68. The third-order valence-electron chi connectivity index (χ3n) is 3.04. The number of anilines is 2. The molecule has 1 unspecified atom stereocenters. The number of ether oxygens (including phenoxy) is 1. The minimum absolute atomic E-state index is 0.170. The van der Waals surface area contributed by atoms with Gasteiger partial charge in [-0.2, -0.15) is 0 Å². The van der Waals surface area contributed by atoms with Gasteiger partial charge in [0.25, 0.3) is 5.91 Å².